The summed E-state index contributed by atoms with van der Waals surface area (Å²) >= 11 is 0. The fraction of sp³-hybridized carbons (Fsp3) is 0.600. The van der Waals surface area contributed by atoms with E-state index in [1.165, 1.54) is 0 Å². The maximum Gasteiger partial charge on any atom is 0.324 e. The molecule has 0 saturated carbocycles. The minimum Gasteiger partial charge on any atom is -0.392 e. The molecular weight excluding hydrogens is 168 g/mol. The SMILES string of the molecule is CCC12C=CCCC1C(=O)OC2=O. The first-order chi connectivity index (χ1) is 6.20. The van der Waals surface area contributed by atoms with Crippen LogP contribution in [0.2, 0.25) is 0 Å². The Balaban J connectivity index is 2.45. The van der Waals surface area contributed by atoms with Crippen LogP contribution in [0.1, 0.15) is 26.2 Å². The Hall–Kier alpha value is -1.12. The molecule has 1 saturated heterocycles. The molecule has 2 rings (SSSR count). The van der Waals surface area contributed by atoms with Gasteiger partial charge in [0.05, 0.1) is 11.3 Å². The summed E-state index contributed by atoms with van der Waals surface area (Å²) < 4.78 is 4.67. The maximum absolute atomic E-state index is 11.5. The van der Waals surface area contributed by atoms with Crippen LogP contribution in [0.3, 0.4) is 0 Å². The largest absolute Gasteiger partial charge is 0.392 e. The van der Waals surface area contributed by atoms with Crippen LogP contribution in [0.5, 0.6) is 0 Å². The van der Waals surface area contributed by atoms with Crippen LogP contribution in [0, 0.1) is 11.3 Å². The number of rotatable bonds is 1. The summed E-state index contributed by atoms with van der Waals surface area (Å²) in [4.78, 5) is 22.8. The van der Waals surface area contributed by atoms with Crippen LogP contribution in [0.25, 0.3) is 0 Å². The van der Waals surface area contributed by atoms with Crippen LogP contribution in [-0.4, -0.2) is 11.9 Å². The molecule has 2 atom stereocenters. The van der Waals surface area contributed by atoms with Gasteiger partial charge in [0.15, 0.2) is 0 Å². The summed E-state index contributed by atoms with van der Waals surface area (Å²) in [7, 11) is 0. The van der Waals surface area contributed by atoms with Crippen molar-refractivity contribution in [1.29, 1.82) is 0 Å². The lowest BCUT2D eigenvalue weighted by Crippen LogP contribution is -2.33. The first-order valence-electron chi connectivity index (χ1n) is 4.64. The van der Waals surface area contributed by atoms with Crippen molar-refractivity contribution >= 4 is 11.9 Å². The second-order valence-electron chi connectivity index (χ2n) is 3.63. The van der Waals surface area contributed by atoms with E-state index >= 15 is 0 Å². The molecule has 0 spiro atoms. The second kappa shape index (κ2) is 2.69. The lowest BCUT2D eigenvalue weighted by molar-refractivity contribution is -0.154. The van der Waals surface area contributed by atoms with E-state index < -0.39 is 5.41 Å². The molecule has 0 radical (unpaired) electrons. The van der Waals surface area contributed by atoms with Gasteiger partial charge in [-0.3, -0.25) is 9.59 Å². The number of fused-ring (bicyclic) bond motifs is 1. The smallest absolute Gasteiger partial charge is 0.324 e. The number of hydrogen-bond acceptors (Lipinski definition) is 3. The lowest BCUT2D eigenvalue weighted by atomic mass is 9.70. The van der Waals surface area contributed by atoms with Gasteiger partial charge in [0.1, 0.15) is 0 Å². The van der Waals surface area contributed by atoms with Gasteiger partial charge in [0.2, 0.25) is 0 Å². The Labute approximate surface area is 76.8 Å². The minimum absolute atomic E-state index is 0.227. The fourth-order valence-electron chi connectivity index (χ4n) is 2.23. The Morgan fingerprint density at radius 1 is 1.62 bits per heavy atom. The number of esters is 2. The third-order valence-corrected chi connectivity index (χ3v) is 3.10. The van der Waals surface area contributed by atoms with Crippen LogP contribution in [0.15, 0.2) is 12.2 Å². The van der Waals surface area contributed by atoms with E-state index in [9.17, 15) is 9.59 Å². The van der Waals surface area contributed by atoms with E-state index in [0.29, 0.717) is 6.42 Å². The summed E-state index contributed by atoms with van der Waals surface area (Å²) in [5, 5.41) is 0. The quantitative estimate of drug-likeness (QED) is 0.348. The van der Waals surface area contributed by atoms with Gasteiger partial charge in [-0.25, -0.2) is 0 Å². The molecule has 13 heavy (non-hydrogen) atoms. The molecule has 3 heteroatoms. The first-order valence-corrected chi connectivity index (χ1v) is 4.64. The third-order valence-electron chi connectivity index (χ3n) is 3.10. The van der Waals surface area contributed by atoms with E-state index in [-0.39, 0.29) is 17.9 Å². The molecule has 2 unspecified atom stereocenters. The summed E-state index contributed by atoms with van der Waals surface area (Å²) in [5.74, 6) is -0.924. The van der Waals surface area contributed by atoms with Gasteiger partial charge in [-0.05, 0) is 19.3 Å². The normalized spacial score (nSPS) is 37.5. The van der Waals surface area contributed by atoms with Gasteiger partial charge in [-0.15, -0.1) is 0 Å². The zero-order chi connectivity index (χ0) is 9.47. The zero-order valence-corrected chi connectivity index (χ0v) is 7.58. The van der Waals surface area contributed by atoms with Crippen molar-refractivity contribution in [3.63, 3.8) is 0 Å². The van der Waals surface area contributed by atoms with Gasteiger partial charge in [-0.1, -0.05) is 19.1 Å². The van der Waals surface area contributed by atoms with E-state index in [1.54, 1.807) is 0 Å². The monoisotopic (exact) mass is 180 g/mol. The highest BCUT2D eigenvalue weighted by atomic mass is 16.6. The molecule has 0 aromatic rings. The molecule has 3 nitrogen and oxygen atoms in total. The van der Waals surface area contributed by atoms with Crippen molar-refractivity contribution < 1.29 is 14.3 Å². The standard InChI is InChI=1S/C10H12O3/c1-2-10-6-4-3-5-7(10)8(11)13-9(10)12/h4,6-7H,2-3,5H2,1H3. The third kappa shape index (κ3) is 0.961. The molecule has 70 valence electrons. The maximum atomic E-state index is 11.5. The van der Waals surface area contributed by atoms with Crippen molar-refractivity contribution in [2.75, 3.05) is 0 Å². The van der Waals surface area contributed by atoms with Crippen LogP contribution < -0.4 is 0 Å². The summed E-state index contributed by atoms with van der Waals surface area (Å²) in [6, 6.07) is 0. The van der Waals surface area contributed by atoms with E-state index in [2.05, 4.69) is 4.74 Å². The molecule has 2 aliphatic rings. The van der Waals surface area contributed by atoms with Crippen molar-refractivity contribution in [2.24, 2.45) is 11.3 Å². The average Bonchev–Trinajstić information content (AvgIpc) is 2.41. The number of hydrogen-bond donors (Lipinski definition) is 0. The molecular formula is C10H12O3. The molecule has 0 aromatic carbocycles. The molecule has 1 fully saturated rings. The van der Waals surface area contributed by atoms with Crippen LogP contribution >= 0.6 is 0 Å². The van der Waals surface area contributed by atoms with E-state index in [4.69, 9.17) is 0 Å². The number of cyclic esters (lactones) is 2. The van der Waals surface area contributed by atoms with Gasteiger partial charge in [-0.2, -0.15) is 0 Å². The average molecular weight is 180 g/mol. The number of allylic oxidation sites excluding steroid dienone is 1. The van der Waals surface area contributed by atoms with Gasteiger partial charge < -0.3 is 4.74 Å². The highest BCUT2D eigenvalue weighted by molar-refractivity contribution is 6.00. The Morgan fingerprint density at radius 2 is 2.38 bits per heavy atom. The van der Waals surface area contributed by atoms with Gasteiger partial charge >= 0.3 is 11.9 Å². The second-order valence-corrected chi connectivity index (χ2v) is 3.63. The molecule has 1 aliphatic heterocycles. The molecule has 1 heterocycles. The number of carbonyl (C=O) groups is 2. The predicted octanol–water partition coefficient (Wildman–Crippen LogP) is 1.43. The molecule has 0 bridgehead atoms. The molecule has 0 aromatic heterocycles. The van der Waals surface area contributed by atoms with E-state index in [0.717, 1.165) is 12.8 Å². The minimum atomic E-state index is -0.630. The number of carbonyl (C=O) groups excluding carboxylic acids is 2. The molecule has 0 amide bonds. The van der Waals surface area contributed by atoms with Crippen LogP contribution in [-0.2, 0) is 14.3 Å². The van der Waals surface area contributed by atoms with Gasteiger partial charge in [0, 0.05) is 0 Å². The summed E-state index contributed by atoms with van der Waals surface area (Å²) in [6.07, 6.45) is 6.09. The van der Waals surface area contributed by atoms with Crippen molar-refractivity contribution in [2.45, 2.75) is 26.2 Å². The Morgan fingerprint density at radius 3 is 3.00 bits per heavy atom. The van der Waals surface area contributed by atoms with Crippen molar-refractivity contribution in [3.8, 4) is 0 Å². The predicted molar refractivity (Wildman–Crippen MR) is 45.7 cm³/mol. The highest BCUT2D eigenvalue weighted by Gasteiger charge is 2.55. The Bertz CT molecular complexity index is 293. The molecule has 1 aliphatic carbocycles. The highest BCUT2D eigenvalue weighted by Crippen LogP contribution is 2.45. The number of ether oxygens (including phenoxy) is 1. The zero-order valence-electron chi connectivity index (χ0n) is 7.58. The topological polar surface area (TPSA) is 43.4 Å². The van der Waals surface area contributed by atoms with Gasteiger partial charge in [0.25, 0.3) is 0 Å². The molecule has 0 N–H and O–H groups in total. The van der Waals surface area contributed by atoms with Crippen molar-refractivity contribution in [1.82, 2.24) is 0 Å². The first kappa shape index (κ1) is 8.48. The summed E-state index contributed by atoms with van der Waals surface area (Å²) in [5.41, 5.74) is -0.630. The lowest BCUT2D eigenvalue weighted by Gasteiger charge is -2.27. The fourth-order valence-corrected chi connectivity index (χ4v) is 2.23. The Kier molecular flexibility index (Phi) is 1.75. The van der Waals surface area contributed by atoms with E-state index in [1.807, 2.05) is 19.1 Å². The van der Waals surface area contributed by atoms with Crippen LogP contribution in [0.4, 0.5) is 0 Å². The van der Waals surface area contributed by atoms with Crippen molar-refractivity contribution in [3.05, 3.63) is 12.2 Å². The summed E-state index contributed by atoms with van der Waals surface area (Å²) in [6.45, 7) is 1.92.